The highest BCUT2D eigenvalue weighted by atomic mass is 16.2. The number of aliphatic imine (C=N–C) groups is 1. The van der Waals surface area contributed by atoms with Crippen LogP contribution < -0.4 is 54.4 Å². The molecule has 0 bridgehead atoms. The lowest BCUT2D eigenvalue weighted by molar-refractivity contribution is -0.135. The summed E-state index contributed by atoms with van der Waals surface area (Å²) >= 11 is 0. The number of benzene rings is 1. The van der Waals surface area contributed by atoms with Gasteiger partial charge in [-0.25, -0.2) is 0 Å². The van der Waals surface area contributed by atoms with Crippen LogP contribution in [0.15, 0.2) is 35.3 Å². The minimum absolute atomic E-state index is 0.0178. The second kappa shape index (κ2) is 21.5. The first-order valence-electron chi connectivity index (χ1n) is 17.0. The third-order valence-corrected chi connectivity index (χ3v) is 7.98. The first-order valence-corrected chi connectivity index (χ1v) is 17.0. The van der Waals surface area contributed by atoms with Crippen LogP contribution in [-0.4, -0.2) is 103 Å². The van der Waals surface area contributed by atoms with Crippen molar-refractivity contribution in [1.29, 1.82) is 0 Å². The Hall–Kier alpha value is -5.75. The fourth-order valence-corrected chi connectivity index (χ4v) is 5.15. The predicted molar refractivity (Wildman–Crippen MR) is 189 cm³/mol. The molecule has 13 N–H and O–H groups in total. The van der Waals surface area contributed by atoms with Gasteiger partial charge in [0.05, 0.1) is 6.42 Å². The van der Waals surface area contributed by atoms with E-state index < -0.39 is 89.9 Å². The molecule has 0 radical (unpaired) electrons. The maximum Gasteiger partial charge on any atom is 0.243 e. The van der Waals surface area contributed by atoms with Gasteiger partial charge in [0, 0.05) is 26.4 Å². The van der Waals surface area contributed by atoms with Gasteiger partial charge >= 0.3 is 0 Å². The third-order valence-electron chi connectivity index (χ3n) is 7.98. The van der Waals surface area contributed by atoms with E-state index >= 15 is 0 Å². The van der Waals surface area contributed by atoms with Crippen LogP contribution in [0.3, 0.4) is 0 Å². The Morgan fingerprint density at radius 3 is 2.12 bits per heavy atom. The Morgan fingerprint density at radius 1 is 0.865 bits per heavy atom. The number of amides is 8. The molecule has 0 unspecified atom stereocenters. The molecule has 0 aromatic heterocycles. The van der Waals surface area contributed by atoms with Gasteiger partial charge in [-0.05, 0) is 51.5 Å². The molecular formula is C33H51N11O8. The minimum atomic E-state index is -1.38. The monoisotopic (exact) mass is 729 g/mol. The van der Waals surface area contributed by atoms with Crippen molar-refractivity contribution in [3.63, 3.8) is 0 Å². The lowest BCUT2D eigenvalue weighted by Gasteiger charge is -2.26. The highest BCUT2D eigenvalue weighted by Gasteiger charge is 2.31. The molecule has 1 aliphatic heterocycles. The number of primary amides is 1. The molecule has 1 aromatic carbocycles. The summed E-state index contributed by atoms with van der Waals surface area (Å²) in [6.07, 6.45) is 0.747. The van der Waals surface area contributed by atoms with Crippen LogP contribution in [0.5, 0.6) is 0 Å². The fraction of sp³-hybridized carbons (Fsp3) is 0.545. The van der Waals surface area contributed by atoms with Crippen LogP contribution in [0.4, 0.5) is 0 Å². The lowest BCUT2D eigenvalue weighted by atomic mass is 10.0. The fourth-order valence-electron chi connectivity index (χ4n) is 5.15. The molecule has 19 nitrogen and oxygen atoms in total. The predicted octanol–water partition coefficient (Wildman–Crippen LogP) is -3.57. The summed E-state index contributed by atoms with van der Waals surface area (Å²) in [5.74, 6) is -5.79. The molecule has 6 atom stereocenters. The van der Waals surface area contributed by atoms with Gasteiger partial charge in [-0.3, -0.25) is 43.3 Å². The number of nitrogens with zero attached hydrogens (tertiary/aromatic N) is 1. The van der Waals surface area contributed by atoms with Gasteiger partial charge in [-0.1, -0.05) is 30.3 Å². The standard InChI is InChI=1S/C33H51N11O8/c1-18-28(48)43-24(27(34)47)17-26(46)37-14-8-7-12-23(42-31(51)22(41-20(3)45)13-9-15-38-33(35)36)30(50)39-19(2)29(49)44-25(32(52)40-18)16-21-10-5-4-6-11-21/h4-6,10-11,18-19,22-25H,7-9,12-17H2,1-3H3,(H2,34,47)(H,37,46)(H,39,50)(H,40,52)(H,41,45)(H,42,51)(H,43,48)(H,44,49)(H4,35,36,38)/t18-,19-,22-,23-,24-,25-/m0/s1. The van der Waals surface area contributed by atoms with Crippen LogP contribution in [-0.2, 0) is 44.8 Å². The summed E-state index contributed by atoms with van der Waals surface area (Å²) in [5, 5.41) is 17.9. The van der Waals surface area contributed by atoms with Crippen molar-refractivity contribution in [3.8, 4) is 0 Å². The number of hydrogen-bond acceptors (Lipinski definition) is 9. The SMILES string of the molecule is CC(=O)N[C@@H](CCCN=C(N)N)C(=O)N[C@H]1CCCCNC(=O)C[C@@H](C(N)=O)NC(=O)[C@H](C)NC(=O)[C@H](Cc2ccccc2)NC(=O)[C@H](C)NC1=O. The molecule has 1 aliphatic rings. The van der Waals surface area contributed by atoms with E-state index in [9.17, 15) is 38.4 Å². The molecule has 1 saturated heterocycles. The third kappa shape index (κ3) is 15.4. The van der Waals surface area contributed by atoms with Crippen LogP contribution >= 0.6 is 0 Å². The molecule has 19 heteroatoms. The average molecular weight is 730 g/mol. The first-order chi connectivity index (χ1) is 24.6. The maximum absolute atomic E-state index is 13.6. The molecule has 1 heterocycles. The van der Waals surface area contributed by atoms with E-state index in [4.69, 9.17) is 17.2 Å². The molecule has 8 amide bonds. The van der Waals surface area contributed by atoms with Gasteiger partial charge in [0.25, 0.3) is 0 Å². The van der Waals surface area contributed by atoms with E-state index in [1.165, 1.54) is 20.8 Å². The van der Waals surface area contributed by atoms with Gasteiger partial charge in [0.1, 0.15) is 36.3 Å². The van der Waals surface area contributed by atoms with Crippen molar-refractivity contribution in [2.75, 3.05) is 13.1 Å². The zero-order valence-electron chi connectivity index (χ0n) is 29.7. The number of carbonyl (C=O) groups is 8. The Labute approximate surface area is 301 Å². The maximum atomic E-state index is 13.6. The van der Waals surface area contributed by atoms with Crippen LogP contribution in [0.1, 0.15) is 64.9 Å². The van der Waals surface area contributed by atoms with E-state index in [0.29, 0.717) is 24.8 Å². The summed E-state index contributed by atoms with van der Waals surface area (Å²) < 4.78 is 0. The minimum Gasteiger partial charge on any atom is -0.370 e. The van der Waals surface area contributed by atoms with Gasteiger partial charge in [-0.2, -0.15) is 0 Å². The van der Waals surface area contributed by atoms with E-state index in [2.05, 4.69) is 42.2 Å². The Bertz CT molecular complexity index is 1470. The highest BCUT2D eigenvalue weighted by Crippen LogP contribution is 2.08. The van der Waals surface area contributed by atoms with Crippen LogP contribution in [0.2, 0.25) is 0 Å². The molecule has 1 aromatic rings. The van der Waals surface area contributed by atoms with Crippen LogP contribution in [0.25, 0.3) is 0 Å². The lowest BCUT2D eigenvalue weighted by Crippen LogP contribution is -2.59. The second-order valence-corrected chi connectivity index (χ2v) is 12.5. The van der Waals surface area contributed by atoms with E-state index in [1.54, 1.807) is 30.3 Å². The van der Waals surface area contributed by atoms with Gasteiger partial charge < -0.3 is 54.4 Å². The largest absolute Gasteiger partial charge is 0.370 e. The topological polar surface area (TPSA) is 311 Å². The number of hydrogen-bond donors (Lipinski definition) is 10. The van der Waals surface area contributed by atoms with Gasteiger partial charge in [-0.15, -0.1) is 0 Å². The number of carbonyl (C=O) groups excluding carboxylic acids is 8. The van der Waals surface area contributed by atoms with Gasteiger partial charge in [0.2, 0.25) is 47.3 Å². The number of nitrogens with one attached hydrogen (secondary N) is 7. The molecular weight excluding hydrogens is 678 g/mol. The van der Waals surface area contributed by atoms with E-state index in [0.717, 1.165) is 0 Å². The van der Waals surface area contributed by atoms with Crippen molar-refractivity contribution >= 4 is 53.2 Å². The zero-order valence-corrected chi connectivity index (χ0v) is 29.7. The number of nitrogens with two attached hydrogens (primary N) is 3. The van der Waals surface area contributed by atoms with Crippen molar-refractivity contribution < 1.29 is 38.4 Å². The summed E-state index contributed by atoms with van der Waals surface area (Å²) in [5.41, 5.74) is 16.8. The van der Waals surface area contributed by atoms with Crippen molar-refractivity contribution in [2.24, 2.45) is 22.2 Å². The molecule has 0 saturated carbocycles. The highest BCUT2D eigenvalue weighted by molar-refractivity contribution is 5.97. The van der Waals surface area contributed by atoms with Crippen molar-refractivity contribution in [2.45, 2.75) is 102 Å². The number of guanidine groups is 1. The molecule has 1 fully saturated rings. The quantitative estimate of drug-likeness (QED) is 0.0642. The summed E-state index contributed by atoms with van der Waals surface area (Å²) in [6, 6.07) is 1.57. The summed E-state index contributed by atoms with van der Waals surface area (Å²) in [7, 11) is 0. The molecule has 0 aliphatic carbocycles. The Balaban J connectivity index is 2.36. The normalized spacial score (nSPS) is 23.2. The van der Waals surface area contributed by atoms with E-state index in [-0.39, 0.29) is 38.3 Å². The van der Waals surface area contributed by atoms with E-state index in [1.807, 2.05) is 0 Å². The van der Waals surface area contributed by atoms with Crippen molar-refractivity contribution in [3.05, 3.63) is 35.9 Å². The number of rotatable bonds is 10. The average Bonchev–Trinajstić information content (AvgIpc) is 3.07. The Kier molecular flexibility index (Phi) is 17.5. The molecule has 52 heavy (non-hydrogen) atoms. The van der Waals surface area contributed by atoms with Crippen molar-refractivity contribution in [1.82, 2.24) is 37.2 Å². The van der Waals surface area contributed by atoms with Gasteiger partial charge in [0.15, 0.2) is 5.96 Å². The Morgan fingerprint density at radius 2 is 1.50 bits per heavy atom. The smallest absolute Gasteiger partial charge is 0.243 e. The first kappa shape index (κ1) is 42.4. The second-order valence-electron chi connectivity index (χ2n) is 12.5. The molecule has 0 spiro atoms. The zero-order chi connectivity index (χ0) is 38.8. The molecule has 2 rings (SSSR count). The summed E-state index contributed by atoms with van der Waals surface area (Å²) in [4.78, 5) is 107. The van der Waals surface area contributed by atoms with Crippen LogP contribution in [0, 0.1) is 0 Å². The molecule has 286 valence electrons. The summed E-state index contributed by atoms with van der Waals surface area (Å²) in [6.45, 7) is 4.31.